The molecule has 1 aliphatic rings. The van der Waals surface area contributed by atoms with Gasteiger partial charge in [0.2, 0.25) is 0 Å². The molecule has 160 valence electrons. The number of halogens is 3. The highest BCUT2D eigenvalue weighted by Gasteiger charge is 2.33. The standard InChI is InChI=1S/C18H22F3N3O5/c1-12(17(26)23-8-4-2-3-5-9-23)29-16(25)11-22-14-7-6-13(18(19,20)21)10-15(14)24(27)28/h6-7,10,12,22H,2-5,8-9,11H2,1H3/t12-/m0/s1. The minimum absolute atomic E-state index is 0.258. The van der Waals surface area contributed by atoms with Gasteiger partial charge in [-0.15, -0.1) is 0 Å². The summed E-state index contributed by atoms with van der Waals surface area (Å²) >= 11 is 0. The fraction of sp³-hybridized carbons (Fsp3) is 0.556. The van der Waals surface area contributed by atoms with Gasteiger partial charge >= 0.3 is 12.1 Å². The highest BCUT2D eigenvalue weighted by molar-refractivity contribution is 5.85. The molecule has 1 aliphatic heterocycles. The summed E-state index contributed by atoms with van der Waals surface area (Å²) in [6, 6.07) is 1.94. The number of carbonyl (C=O) groups excluding carboxylic acids is 2. The summed E-state index contributed by atoms with van der Waals surface area (Å²) in [6.07, 6.45) is -1.92. The zero-order valence-corrected chi connectivity index (χ0v) is 15.8. The molecule has 2 rings (SSSR count). The summed E-state index contributed by atoms with van der Waals surface area (Å²) in [7, 11) is 0. The van der Waals surface area contributed by atoms with Crippen LogP contribution in [-0.2, 0) is 20.5 Å². The van der Waals surface area contributed by atoms with Gasteiger partial charge in [-0.2, -0.15) is 13.2 Å². The first kappa shape index (κ1) is 22.4. The maximum absolute atomic E-state index is 12.7. The molecule has 1 aromatic rings. The zero-order valence-electron chi connectivity index (χ0n) is 15.8. The van der Waals surface area contributed by atoms with E-state index in [9.17, 15) is 32.9 Å². The van der Waals surface area contributed by atoms with Crippen LogP contribution in [-0.4, -0.2) is 47.4 Å². The Morgan fingerprint density at radius 3 is 2.41 bits per heavy atom. The number of esters is 1. The number of anilines is 1. The Morgan fingerprint density at radius 1 is 1.24 bits per heavy atom. The molecular formula is C18H22F3N3O5. The third kappa shape index (κ3) is 6.33. The molecule has 0 unspecified atom stereocenters. The summed E-state index contributed by atoms with van der Waals surface area (Å²) in [5, 5.41) is 13.4. The zero-order chi connectivity index (χ0) is 21.6. The van der Waals surface area contributed by atoms with Crippen LogP contribution in [0.4, 0.5) is 24.5 Å². The summed E-state index contributed by atoms with van der Waals surface area (Å²) in [6.45, 7) is 2.09. The molecule has 0 aromatic heterocycles. The number of likely N-dealkylation sites (tertiary alicyclic amines) is 1. The molecule has 29 heavy (non-hydrogen) atoms. The van der Waals surface area contributed by atoms with Crippen molar-refractivity contribution in [1.29, 1.82) is 0 Å². The lowest BCUT2D eigenvalue weighted by molar-refractivity contribution is -0.384. The Balaban J connectivity index is 1.96. The topological polar surface area (TPSA) is 102 Å². The van der Waals surface area contributed by atoms with Crippen molar-refractivity contribution < 1.29 is 32.4 Å². The number of hydrogen-bond acceptors (Lipinski definition) is 6. The average Bonchev–Trinajstić information content (AvgIpc) is 2.94. The number of hydrogen-bond donors (Lipinski definition) is 1. The first-order valence-corrected chi connectivity index (χ1v) is 9.17. The van der Waals surface area contributed by atoms with Crippen molar-refractivity contribution in [3.63, 3.8) is 0 Å². The van der Waals surface area contributed by atoms with Gasteiger partial charge < -0.3 is 15.0 Å². The van der Waals surface area contributed by atoms with Gasteiger partial charge in [0.15, 0.2) is 6.10 Å². The summed E-state index contributed by atoms with van der Waals surface area (Å²) < 4.78 is 43.2. The molecule has 0 bridgehead atoms. The van der Waals surface area contributed by atoms with Crippen molar-refractivity contribution >= 4 is 23.3 Å². The molecule has 1 fully saturated rings. The van der Waals surface area contributed by atoms with Gasteiger partial charge in [0.25, 0.3) is 11.6 Å². The van der Waals surface area contributed by atoms with E-state index in [4.69, 9.17) is 4.74 Å². The maximum Gasteiger partial charge on any atom is 0.416 e. The fourth-order valence-electron chi connectivity index (χ4n) is 3.01. The van der Waals surface area contributed by atoms with E-state index in [2.05, 4.69) is 5.32 Å². The van der Waals surface area contributed by atoms with Crippen molar-refractivity contribution in [2.45, 2.75) is 44.9 Å². The smallest absolute Gasteiger partial charge is 0.416 e. The first-order valence-electron chi connectivity index (χ1n) is 9.17. The van der Waals surface area contributed by atoms with E-state index in [1.807, 2.05) is 0 Å². The molecule has 1 atom stereocenters. The Kier molecular flexibility index (Phi) is 7.40. The van der Waals surface area contributed by atoms with Crippen molar-refractivity contribution in [1.82, 2.24) is 4.90 Å². The van der Waals surface area contributed by atoms with Crippen molar-refractivity contribution in [3.05, 3.63) is 33.9 Å². The van der Waals surface area contributed by atoms with Crippen molar-refractivity contribution in [2.75, 3.05) is 25.0 Å². The minimum atomic E-state index is -4.73. The number of rotatable bonds is 6. The van der Waals surface area contributed by atoms with Crippen molar-refractivity contribution in [3.8, 4) is 0 Å². The highest BCUT2D eigenvalue weighted by Crippen LogP contribution is 2.34. The minimum Gasteiger partial charge on any atom is -0.451 e. The van der Waals surface area contributed by atoms with Crippen LogP contribution in [0, 0.1) is 10.1 Å². The molecule has 8 nitrogen and oxygen atoms in total. The molecule has 1 amide bonds. The van der Waals surface area contributed by atoms with E-state index in [1.165, 1.54) is 6.92 Å². The van der Waals surface area contributed by atoms with E-state index in [0.29, 0.717) is 25.2 Å². The van der Waals surface area contributed by atoms with Gasteiger partial charge in [0.1, 0.15) is 12.2 Å². The second kappa shape index (κ2) is 9.57. The molecule has 0 saturated carbocycles. The lowest BCUT2D eigenvalue weighted by Gasteiger charge is -2.24. The number of nitrogens with one attached hydrogen (secondary N) is 1. The summed E-state index contributed by atoms with van der Waals surface area (Å²) in [5.41, 5.74) is -2.25. The third-order valence-electron chi connectivity index (χ3n) is 4.52. The number of nitrogens with zero attached hydrogens (tertiary/aromatic N) is 2. The Morgan fingerprint density at radius 2 is 1.86 bits per heavy atom. The fourth-order valence-corrected chi connectivity index (χ4v) is 3.01. The van der Waals surface area contributed by atoms with E-state index in [-0.39, 0.29) is 11.6 Å². The number of ether oxygens (including phenoxy) is 1. The highest BCUT2D eigenvalue weighted by atomic mass is 19.4. The molecule has 1 aromatic carbocycles. The molecular weight excluding hydrogens is 395 g/mol. The lowest BCUT2D eigenvalue weighted by Crippen LogP contribution is -2.41. The van der Waals surface area contributed by atoms with Crippen LogP contribution >= 0.6 is 0 Å². The van der Waals surface area contributed by atoms with Gasteiger partial charge in [-0.25, -0.2) is 0 Å². The normalized spacial score (nSPS) is 15.9. The summed E-state index contributed by atoms with van der Waals surface area (Å²) in [5.74, 6) is -1.17. The molecule has 1 saturated heterocycles. The van der Waals surface area contributed by atoms with Gasteiger partial charge in [-0.05, 0) is 31.9 Å². The Labute approximate surface area is 165 Å². The van der Waals surface area contributed by atoms with E-state index < -0.39 is 41.0 Å². The molecule has 11 heteroatoms. The Hall–Kier alpha value is -2.85. The number of nitro benzene ring substituents is 1. The monoisotopic (exact) mass is 417 g/mol. The van der Waals surface area contributed by atoms with Crippen LogP contribution < -0.4 is 5.32 Å². The van der Waals surface area contributed by atoms with E-state index >= 15 is 0 Å². The predicted octanol–water partition coefficient (Wildman–Crippen LogP) is 3.36. The molecule has 1 heterocycles. The van der Waals surface area contributed by atoms with Crippen molar-refractivity contribution in [2.24, 2.45) is 0 Å². The van der Waals surface area contributed by atoms with E-state index in [0.717, 1.165) is 31.7 Å². The molecule has 0 aliphatic carbocycles. The lowest BCUT2D eigenvalue weighted by atomic mass is 10.1. The molecule has 0 radical (unpaired) electrons. The molecule has 1 N–H and O–H groups in total. The third-order valence-corrected chi connectivity index (χ3v) is 4.52. The SMILES string of the molecule is C[C@H](OC(=O)CNc1ccc(C(F)(F)F)cc1[N+](=O)[O-])C(=O)N1CCCCCC1. The molecule has 0 spiro atoms. The van der Waals surface area contributed by atoms with Gasteiger partial charge in [0.05, 0.1) is 10.5 Å². The largest absolute Gasteiger partial charge is 0.451 e. The van der Waals surface area contributed by atoms with Crippen LogP contribution in [0.3, 0.4) is 0 Å². The average molecular weight is 417 g/mol. The second-order valence-electron chi connectivity index (χ2n) is 6.71. The quantitative estimate of drug-likeness (QED) is 0.433. The number of nitro groups is 1. The second-order valence-corrected chi connectivity index (χ2v) is 6.71. The van der Waals surface area contributed by atoms with Crippen LogP contribution in [0.25, 0.3) is 0 Å². The number of alkyl halides is 3. The predicted molar refractivity (Wildman–Crippen MR) is 97.2 cm³/mol. The van der Waals surface area contributed by atoms with Crippen LogP contribution in [0.15, 0.2) is 18.2 Å². The number of amides is 1. The van der Waals surface area contributed by atoms with Gasteiger partial charge in [-0.1, -0.05) is 12.8 Å². The Bertz CT molecular complexity index is 762. The van der Waals surface area contributed by atoms with Gasteiger partial charge in [0, 0.05) is 19.2 Å². The first-order chi connectivity index (χ1) is 13.6. The summed E-state index contributed by atoms with van der Waals surface area (Å²) in [4.78, 5) is 36.1. The van der Waals surface area contributed by atoms with Crippen LogP contribution in [0.2, 0.25) is 0 Å². The number of benzene rings is 1. The van der Waals surface area contributed by atoms with E-state index in [1.54, 1.807) is 4.90 Å². The van der Waals surface area contributed by atoms with Crippen LogP contribution in [0.5, 0.6) is 0 Å². The van der Waals surface area contributed by atoms with Crippen LogP contribution in [0.1, 0.15) is 38.2 Å². The number of carbonyl (C=O) groups is 2. The van der Waals surface area contributed by atoms with Gasteiger partial charge in [-0.3, -0.25) is 19.7 Å². The maximum atomic E-state index is 12.7.